The molecule has 0 aromatic rings. The van der Waals surface area contributed by atoms with Gasteiger partial charge in [-0.3, -0.25) is 9.80 Å². The number of hydrogen-bond acceptors (Lipinski definition) is 6. The van der Waals surface area contributed by atoms with Gasteiger partial charge in [0.2, 0.25) is 0 Å². The van der Waals surface area contributed by atoms with Gasteiger partial charge >= 0.3 is 0 Å². The molecule has 2 heterocycles. The first-order chi connectivity index (χ1) is 11.5. The van der Waals surface area contributed by atoms with E-state index in [0.29, 0.717) is 0 Å². The number of likely N-dealkylation sites (N-methyl/N-ethyl adjacent to an activating group) is 4. The number of hydrogen-bond donors (Lipinski definition) is 0. The first-order valence-electron chi connectivity index (χ1n) is 9.72. The minimum Gasteiger partial charge on any atom is -0.304 e. The van der Waals surface area contributed by atoms with Crippen molar-refractivity contribution in [1.82, 2.24) is 29.4 Å². The molecule has 0 N–H and O–H groups in total. The molecule has 0 bridgehead atoms. The summed E-state index contributed by atoms with van der Waals surface area (Å²) in [5.41, 5.74) is 0. The van der Waals surface area contributed by atoms with Crippen molar-refractivity contribution in [3.05, 3.63) is 0 Å². The van der Waals surface area contributed by atoms with Crippen molar-refractivity contribution >= 4 is 0 Å². The molecule has 25 heavy (non-hydrogen) atoms. The third-order valence-corrected chi connectivity index (χ3v) is 5.65. The molecular formula is C18H40MnN6. The van der Waals surface area contributed by atoms with E-state index in [0.717, 1.165) is 0 Å². The molecule has 7 heteroatoms. The van der Waals surface area contributed by atoms with Crippen molar-refractivity contribution in [1.29, 1.82) is 0 Å². The van der Waals surface area contributed by atoms with E-state index in [9.17, 15) is 0 Å². The quantitative estimate of drug-likeness (QED) is 0.587. The molecule has 2 aliphatic heterocycles. The van der Waals surface area contributed by atoms with Gasteiger partial charge in [-0.25, -0.2) is 0 Å². The zero-order valence-electron chi connectivity index (χ0n) is 17.0. The van der Waals surface area contributed by atoms with Crippen LogP contribution in [0.5, 0.6) is 0 Å². The second-order valence-corrected chi connectivity index (χ2v) is 7.90. The van der Waals surface area contributed by atoms with Gasteiger partial charge in [0.05, 0.1) is 0 Å². The van der Waals surface area contributed by atoms with E-state index in [1.807, 2.05) is 0 Å². The van der Waals surface area contributed by atoms with Crippen LogP contribution in [0, 0.1) is 0 Å². The smallest absolute Gasteiger partial charge is 0.0110 e. The zero-order chi connectivity index (χ0) is 17.4. The summed E-state index contributed by atoms with van der Waals surface area (Å²) in [4.78, 5) is 15.2. The molecule has 0 aliphatic carbocycles. The molecule has 6 nitrogen and oxygen atoms in total. The topological polar surface area (TPSA) is 19.4 Å². The van der Waals surface area contributed by atoms with E-state index in [1.165, 1.54) is 91.6 Å². The average molecular weight is 395 g/mol. The SMILES string of the molecule is CN1CCN(C)CCN(CCN2CCN(C)CCN(C)CC2)CC1.[Mn]. The third kappa shape index (κ3) is 9.68. The fourth-order valence-corrected chi connectivity index (χ4v) is 3.33. The van der Waals surface area contributed by atoms with Crippen LogP contribution in [0.2, 0.25) is 0 Å². The summed E-state index contributed by atoms with van der Waals surface area (Å²) in [5, 5.41) is 0. The monoisotopic (exact) mass is 395 g/mol. The van der Waals surface area contributed by atoms with E-state index < -0.39 is 0 Å². The average Bonchev–Trinajstić information content (AvgIpc) is 2.69. The van der Waals surface area contributed by atoms with Crippen LogP contribution in [-0.2, 0) is 17.1 Å². The molecule has 2 saturated heterocycles. The minimum absolute atomic E-state index is 0. The Balaban J connectivity index is 0.00000312. The van der Waals surface area contributed by atoms with Crippen LogP contribution in [0.15, 0.2) is 0 Å². The normalized spacial score (nSPS) is 25.9. The number of nitrogens with zero attached hydrogens (tertiary/aromatic N) is 6. The Morgan fingerprint density at radius 1 is 0.400 bits per heavy atom. The molecule has 0 atom stereocenters. The van der Waals surface area contributed by atoms with E-state index >= 15 is 0 Å². The Morgan fingerprint density at radius 2 is 0.600 bits per heavy atom. The van der Waals surface area contributed by atoms with E-state index in [-0.39, 0.29) is 17.1 Å². The maximum absolute atomic E-state index is 2.67. The zero-order valence-corrected chi connectivity index (χ0v) is 18.1. The van der Waals surface area contributed by atoms with Gasteiger partial charge in [-0.05, 0) is 28.2 Å². The Bertz CT molecular complexity index is 286. The molecule has 0 amide bonds. The predicted octanol–water partition coefficient (Wildman–Crippen LogP) is -0.658. The van der Waals surface area contributed by atoms with Gasteiger partial charge in [0.25, 0.3) is 0 Å². The predicted molar refractivity (Wildman–Crippen MR) is 103 cm³/mol. The maximum Gasteiger partial charge on any atom is 0.0110 e. The summed E-state index contributed by atoms with van der Waals surface area (Å²) in [5.74, 6) is 0. The van der Waals surface area contributed by atoms with Crippen LogP contribution in [-0.4, -0.2) is 149 Å². The van der Waals surface area contributed by atoms with Crippen molar-refractivity contribution in [2.75, 3.05) is 120 Å². The van der Waals surface area contributed by atoms with Crippen LogP contribution in [0.25, 0.3) is 0 Å². The van der Waals surface area contributed by atoms with Gasteiger partial charge in [-0.1, -0.05) is 0 Å². The van der Waals surface area contributed by atoms with E-state index in [4.69, 9.17) is 0 Å². The second kappa shape index (κ2) is 12.6. The Kier molecular flexibility index (Phi) is 11.8. The molecule has 0 spiro atoms. The Labute approximate surface area is 166 Å². The first-order valence-corrected chi connectivity index (χ1v) is 9.72. The fraction of sp³-hybridized carbons (Fsp3) is 1.00. The summed E-state index contributed by atoms with van der Waals surface area (Å²) < 4.78 is 0. The van der Waals surface area contributed by atoms with Crippen LogP contribution < -0.4 is 0 Å². The molecule has 149 valence electrons. The second-order valence-electron chi connectivity index (χ2n) is 7.90. The van der Waals surface area contributed by atoms with Crippen molar-refractivity contribution in [2.24, 2.45) is 0 Å². The van der Waals surface area contributed by atoms with Crippen LogP contribution in [0.4, 0.5) is 0 Å². The van der Waals surface area contributed by atoms with Gasteiger partial charge in [0.1, 0.15) is 0 Å². The van der Waals surface area contributed by atoms with Crippen molar-refractivity contribution in [3.8, 4) is 0 Å². The van der Waals surface area contributed by atoms with Crippen LogP contribution in [0.1, 0.15) is 0 Å². The molecule has 2 aliphatic rings. The van der Waals surface area contributed by atoms with Gasteiger partial charge < -0.3 is 19.6 Å². The van der Waals surface area contributed by atoms with Crippen LogP contribution in [0.3, 0.4) is 0 Å². The molecule has 0 aromatic carbocycles. The van der Waals surface area contributed by atoms with Gasteiger partial charge in [0.15, 0.2) is 0 Å². The molecule has 2 fully saturated rings. The molecule has 0 aromatic heterocycles. The summed E-state index contributed by atoms with van der Waals surface area (Å²) in [7, 11) is 9.02. The summed E-state index contributed by atoms with van der Waals surface area (Å²) in [6.07, 6.45) is 0. The molecule has 2 rings (SSSR count). The molecule has 1 radical (unpaired) electrons. The first kappa shape index (κ1) is 23.3. The van der Waals surface area contributed by atoms with Gasteiger partial charge in [-0.2, -0.15) is 0 Å². The van der Waals surface area contributed by atoms with Gasteiger partial charge in [0, 0.05) is 109 Å². The molecule has 0 saturated carbocycles. The van der Waals surface area contributed by atoms with Crippen molar-refractivity contribution < 1.29 is 17.1 Å². The molecule has 0 unspecified atom stereocenters. The molecular weight excluding hydrogens is 355 g/mol. The maximum atomic E-state index is 2.67. The third-order valence-electron chi connectivity index (χ3n) is 5.65. The largest absolute Gasteiger partial charge is 0.304 e. The summed E-state index contributed by atoms with van der Waals surface area (Å²) >= 11 is 0. The summed E-state index contributed by atoms with van der Waals surface area (Å²) in [6.45, 7) is 16.8. The van der Waals surface area contributed by atoms with Crippen LogP contribution >= 0.6 is 0 Å². The summed E-state index contributed by atoms with van der Waals surface area (Å²) in [6, 6.07) is 0. The minimum atomic E-state index is 0. The Hall–Kier alpha value is 0.279. The van der Waals surface area contributed by atoms with E-state index in [2.05, 4.69) is 57.6 Å². The standard InChI is InChI=1S/C18H40N6.Mn/c1-19-5-6-20(2)10-14-23(13-9-19)17-18-24-15-11-21(3)7-8-22(4)12-16-24;/h5-18H2,1-4H3;. The van der Waals surface area contributed by atoms with Crippen molar-refractivity contribution in [3.63, 3.8) is 0 Å². The van der Waals surface area contributed by atoms with Crippen molar-refractivity contribution in [2.45, 2.75) is 0 Å². The fourth-order valence-electron chi connectivity index (χ4n) is 3.33. The van der Waals surface area contributed by atoms with Gasteiger partial charge in [-0.15, -0.1) is 0 Å². The van der Waals surface area contributed by atoms with E-state index in [1.54, 1.807) is 0 Å². The Morgan fingerprint density at radius 3 is 0.840 bits per heavy atom. The number of rotatable bonds is 3.